The highest BCUT2D eigenvalue weighted by atomic mass is 16.2. The number of hydrogen-bond acceptors (Lipinski definition) is 3. The standard InChI is InChI=1S/C14H22N2O2/c1-13(2,3)9-16-10(7-8-15-12(16)18)11(17)14(4,5)6/h7-8H,9H2,1-6H3. The number of hydrogen-bond donors (Lipinski definition) is 0. The molecule has 0 aliphatic carbocycles. The molecule has 0 aliphatic rings. The van der Waals surface area contributed by atoms with Gasteiger partial charge in [-0.3, -0.25) is 9.36 Å². The van der Waals surface area contributed by atoms with Gasteiger partial charge in [-0.15, -0.1) is 0 Å². The first-order valence-electron chi connectivity index (χ1n) is 6.13. The van der Waals surface area contributed by atoms with Crippen molar-refractivity contribution in [2.75, 3.05) is 0 Å². The van der Waals surface area contributed by atoms with Gasteiger partial charge < -0.3 is 0 Å². The molecule has 0 bridgehead atoms. The molecule has 4 nitrogen and oxygen atoms in total. The number of carbonyl (C=O) groups excluding carboxylic acids is 1. The summed E-state index contributed by atoms with van der Waals surface area (Å²) in [4.78, 5) is 27.9. The second-order valence-corrected chi connectivity index (χ2v) is 6.84. The fraction of sp³-hybridized carbons (Fsp3) is 0.643. The lowest BCUT2D eigenvalue weighted by Gasteiger charge is -2.24. The van der Waals surface area contributed by atoms with E-state index in [2.05, 4.69) is 4.98 Å². The van der Waals surface area contributed by atoms with Crippen LogP contribution in [0.1, 0.15) is 52.0 Å². The Hall–Kier alpha value is -1.45. The van der Waals surface area contributed by atoms with Gasteiger partial charge in [0.05, 0.1) is 5.69 Å². The molecule has 0 aromatic carbocycles. The summed E-state index contributed by atoms with van der Waals surface area (Å²) in [5, 5.41) is 0. The molecule has 0 atom stereocenters. The first kappa shape index (κ1) is 14.6. The molecule has 0 N–H and O–H groups in total. The Kier molecular flexibility index (Phi) is 3.79. The predicted octanol–water partition coefficient (Wildman–Crippen LogP) is 2.52. The number of aromatic nitrogens is 2. The van der Waals surface area contributed by atoms with E-state index in [0.29, 0.717) is 12.2 Å². The summed E-state index contributed by atoms with van der Waals surface area (Å²) in [5.41, 5.74) is -0.509. The topological polar surface area (TPSA) is 52.0 Å². The molecule has 0 radical (unpaired) electrons. The quantitative estimate of drug-likeness (QED) is 0.758. The highest BCUT2D eigenvalue weighted by Gasteiger charge is 2.27. The Bertz CT molecular complexity index is 502. The van der Waals surface area contributed by atoms with Gasteiger partial charge >= 0.3 is 5.69 Å². The van der Waals surface area contributed by atoms with Crippen molar-refractivity contribution in [2.24, 2.45) is 10.8 Å². The molecule has 4 heteroatoms. The monoisotopic (exact) mass is 250 g/mol. The van der Waals surface area contributed by atoms with Crippen molar-refractivity contribution in [3.05, 3.63) is 28.4 Å². The van der Waals surface area contributed by atoms with Crippen molar-refractivity contribution in [3.63, 3.8) is 0 Å². The molecule has 0 saturated carbocycles. The van der Waals surface area contributed by atoms with Gasteiger partial charge in [0, 0.05) is 18.2 Å². The van der Waals surface area contributed by atoms with Gasteiger partial charge in [-0.25, -0.2) is 9.78 Å². The Morgan fingerprint density at radius 2 is 1.78 bits per heavy atom. The fourth-order valence-electron chi connectivity index (χ4n) is 1.64. The van der Waals surface area contributed by atoms with Crippen molar-refractivity contribution < 1.29 is 4.79 Å². The second kappa shape index (κ2) is 4.67. The highest BCUT2D eigenvalue weighted by Crippen LogP contribution is 2.22. The van der Waals surface area contributed by atoms with Crippen LogP contribution in [0.5, 0.6) is 0 Å². The van der Waals surface area contributed by atoms with E-state index in [1.54, 1.807) is 6.07 Å². The van der Waals surface area contributed by atoms with Crippen LogP contribution in [-0.2, 0) is 6.54 Å². The van der Waals surface area contributed by atoms with Gasteiger partial charge in [0.2, 0.25) is 0 Å². The summed E-state index contributed by atoms with van der Waals surface area (Å²) >= 11 is 0. The van der Waals surface area contributed by atoms with Gasteiger partial charge in [0.15, 0.2) is 5.78 Å². The Morgan fingerprint density at radius 3 is 2.22 bits per heavy atom. The minimum Gasteiger partial charge on any atom is -0.292 e. The van der Waals surface area contributed by atoms with Crippen molar-refractivity contribution in [2.45, 2.75) is 48.1 Å². The van der Waals surface area contributed by atoms with E-state index < -0.39 is 5.41 Å². The smallest absolute Gasteiger partial charge is 0.292 e. The number of rotatable bonds is 2. The van der Waals surface area contributed by atoms with E-state index in [9.17, 15) is 9.59 Å². The molecular weight excluding hydrogens is 228 g/mol. The molecule has 0 saturated heterocycles. The Labute approximate surface area is 108 Å². The van der Waals surface area contributed by atoms with Crippen LogP contribution >= 0.6 is 0 Å². The zero-order valence-corrected chi connectivity index (χ0v) is 12.1. The fourth-order valence-corrected chi connectivity index (χ4v) is 1.64. The predicted molar refractivity (Wildman–Crippen MR) is 71.7 cm³/mol. The lowest BCUT2D eigenvalue weighted by Crippen LogP contribution is -2.35. The summed E-state index contributed by atoms with van der Waals surface area (Å²) < 4.78 is 1.48. The molecule has 1 heterocycles. The van der Waals surface area contributed by atoms with E-state index in [1.807, 2.05) is 41.5 Å². The summed E-state index contributed by atoms with van der Waals surface area (Å²) in [6.45, 7) is 12.1. The maximum atomic E-state index is 12.3. The molecule has 1 aromatic rings. The van der Waals surface area contributed by atoms with Gasteiger partial charge in [0.25, 0.3) is 0 Å². The van der Waals surface area contributed by atoms with E-state index in [0.717, 1.165) is 0 Å². The van der Waals surface area contributed by atoms with Gasteiger partial charge in [-0.2, -0.15) is 0 Å². The van der Waals surface area contributed by atoms with Crippen LogP contribution in [0.25, 0.3) is 0 Å². The second-order valence-electron chi connectivity index (χ2n) is 6.84. The van der Waals surface area contributed by atoms with Crippen LogP contribution in [0.3, 0.4) is 0 Å². The van der Waals surface area contributed by atoms with Crippen molar-refractivity contribution in [1.82, 2.24) is 9.55 Å². The van der Waals surface area contributed by atoms with Gasteiger partial charge in [0.1, 0.15) is 0 Å². The Balaban J connectivity index is 3.34. The molecule has 0 aliphatic heterocycles. The molecule has 0 amide bonds. The summed E-state index contributed by atoms with van der Waals surface area (Å²) in [6.07, 6.45) is 1.40. The first-order chi connectivity index (χ1) is 8.02. The third-order valence-corrected chi connectivity index (χ3v) is 2.49. The number of nitrogens with zero attached hydrogens (tertiary/aromatic N) is 2. The largest absolute Gasteiger partial charge is 0.348 e. The van der Waals surface area contributed by atoms with Crippen LogP contribution in [0.15, 0.2) is 17.1 Å². The first-order valence-corrected chi connectivity index (χ1v) is 6.13. The highest BCUT2D eigenvalue weighted by molar-refractivity contribution is 5.98. The van der Waals surface area contributed by atoms with Crippen LogP contribution in [0.4, 0.5) is 0 Å². The lowest BCUT2D eigenvalue weighted by atomic mass is 9.88. The number of carbonyl (C=O) groups is 1. The molecular formula is C14H22N2O2. The van der Waals surface area contributed by atoms with Gasteiger partial charge in [-0.1, -0.05) is 41.5 Å². The van der Waals surface area contributed by atoms with E-state index in [4.69, 9.17) is 0 Å². The molecule has 1 aromatic heterocycles. The molecule has 18 heavy (non-hydrogen) atoms. The Morgan fingerprint density at radius 1 is 1.22 bits per heavy atom. The normalized spacial score (nSPS) is 12.6. The summed E-state index contributed by atoms with van der Waals surface area (Å²) in [7, 11) is 0. The van der Waals surface area contributed by atoms with E-state index >= 15 is 0 Å². The molecule has 0 fully saturated rings. The van der Waals surface area contributed by atoms with E-state index in [1.165, 1.54) is 10.8 Å². The van der Waals surface area contributed by atoms with Crippen molar-refractivity contribution >= 4 is 5.78 Å². The molecule has 0 spiro atoms. The maximum Gasteiger partial charge on any atom is 0.348 e. The summed E-state index contributed by atoms with van der Waals surface area (Å²) in [5.74, 6) is -0.0359. The zero-order valence-electron chi connectivity index (χ0n) is 12.1. The van der Waals surface area contributed by atoms with Crippen LogP contribution in [0, 0.1) is 10.8 Å². The minimum absolute atomic E-state index is 0.0359. The molecule has 1 rings (SSSR count). The third-order valence-electron chi connectivity index (χ3n) is 2.49. The zero-order chi connectivity index (χ0) is 14.1. The molecule has 0 unspecified atom stereocenters. The van der Waals surface area contributed by atoms with Crippen molar-refractivity contribution in [1.29, 1.82) is 0 Å². The lowest BCUT2D eigenvalue weighted by molar-refractivity contribution is 0.0843. The SMILES string of the molecule is CC(C)(C)Cn1c(C(=O)C(C)(C)C)ccnc1=O. The van der Waals surface area contributed by atoms with Crippen LogP contribution < -0.4 is 5.69 Å². The summed E-state index contributed by atoms with van der Waals surface area (Å²) in [6, 6.07) is 1.63. The van der Waals surface area contributed by atoms with Crippen LogP contribution in [0.2, 0.25) is 0 Å². The van der Waals surface area contributed by atoms with Crippen LogP contribution in [-0.4, -0.2) is 15.3 Å². The van der Waals surface area contributed by atoms with E-state index in [-0.39, 0.29) is 16.9 Å². The third kappa shape index (κ3) is 3.52. The average Bonchev–Trinajstić information content (AvgIpc) is 2.17. The number of ketones is 1. The number of Topliss-reactive ketones (excluding diaryl/α,β-unsaturated/α-hetero) is 1. The maximum absolute atomic E-state index is 12.3. The average molecular weight is 250 g/mol. The molecule has 100 valence electrons. The van der Waals surface area contributed by atoms with Gasteiger partial charge in [-0.05, 0) is 11.5 Å². The van der Waals surface area contributed by atoms with Crippen molar-refractivity contribution in [3.8, 4) is 0 Å². The minimum atomic E-state index is -0.507.